The number of nitro groups is 1. The number of carbonyl (C=O) groups is 4. The first-order valence-electron chi connectivity index (χ1n) is 13.7. The van der Waals surface area contributed by atoms with Gasteiger partial charge < -0.3 is 5.11 Å². The molecule has 3 aromatic carbocycles. The third-order valence-electron chi connectivity index (χ3n) is 9.10. The van der Waals surface area contributed by atoms with E-state index in [9.17, 15) is 34.4 Å². The van der Waals surface area contributed by atoms with Gasteiger partial charge in [0.1, 0.15) is 5.75 Å². The molecule has 0 spiro atoms. The lowest BCUT2D eigenvalue weighted by Crippen LogP contribution is -2.40. The van der Waals surface area contributed by atoms with Gasteiger partial charge in [-0.3, -0.25) is 29.3 Å². The molecular formula is C33H24N2O7. The Balaban J connectivity index is 1.41. The molecule has 1 heterocycles. The highest BCUT2D eigenvalue weighted by Crippen LogP contribution is 2.57. The summed E-state index contributed by atoms with van der Waals surface area (Å²) in [5.74, 6) is -4.51. The molecule has 9 nitrogen and oxygen atoms in total. The first kappa shape index (κ1) is 25.8. The van der Waals surface area contributed by atoms with Crippen molar-refractivity contribution in [2.45, 2.75) is 25.7 Å². The standard InChI is InChI=1S/C33H24N2O7/c1-16-13-26(37)24-15-23-21(29(30(24)31(16)38)28-20-8-3-2-5-17(20)9-12-25(28)36)10-11-22-27(23)33(40)34(32(22)39)18-6-4-7-19(14-18)35(41)42/h2-10,12-14,22-23,27,29,36H,11,15H2,1H3/t22-,23+,27-,29+/m0/s1. The van der Waals surface area contributed by atoms with Crippen LogP contribution in [0.15, 0.2) is 95.1 Å². The number of aromatic hydroxyl groups is 1. The zero-order valence-corrected chi connectivity index (χ0v) is 22.4. The predicted octanol–water partition coefficient (Wildman–Crippen LogP) is 5.09. The highest BCUT2D eigenvalue weighted by Gasteiger charge is 2.57. The summed E-state index contributed by atoms with van der Waals surface area (Å²) in [6.07, 6.45) is 3.51. The molecule has 3 aliphatic carbocycles. The van der Waals surface area contributed by atoms with Gasteiger partial charge in [-0.15, -0.1) is 0 Å². The van der Waals surface area contributed by atoms with E-state index in [0.29, 0.717) is 22.3 Å². The molecule has 0 aromatic heterocycles. The maximum Gasteiger partial charge on any atom is 0.271 e. The summed E-state index contributed by atoms with van der Waals surface area (Å²) in [5, 5.41) is 24.2. The molecule has 2 amide bonds. The number of Topliss-reactive ketones (excluding diaryl/α,β-unsaturated/α-hetero) is 1. The Labute approximate surface area is 239 Å². The number of imide groups is 1. The van der Waals surface area contributed by atoms with Crippen LogP contribution in [-0.2, 0) is 19.2 Å². The summed E-state index contributed by atoms with van der Waals surface area (Å²) in [4.78, 5) is 66.6. The average Bonchev–Trinajstić information content (AvgIpc) is 3.24. The molecule has 0 saturated carbocycles. The molecule has 208 valence electrons. The molecule has 1 fully saturated rings. The topological polar surface area (TPSA) is 135 Å². The second-order valence-corrected chi connectivity index (χ2v) is 11.2. The van der Waals surface area contributed by atoms with Crippen LogP contribution < -0.4 is 4.90 Å². The third-order valence-corrected chi connectivity index (χ3v) is 9.10. The van der Waals surface area contributed by atoms with Gasteiger partial charge in [0.2, 0.25) is 11.8 Å². The van der Waals surface area contributed by atoms with E-state index in [1.165, 1.54) is 30.3 Å². The van der Waals surface area contributed by atoms with Crippen molar-refractivity contribution >= 4 is 45.5 Å². The Kier molecular flexibility index (Phi) is 5.63. The second-order valence-electron chi connectivity index (χ2n) is 11.2. The van der Waals surface area contributed by atoms with Gasteiger partial charge in [-0.2, -0.15) is 0 Å². The molecule has 1 N–H and O–H groups in total. The summed E-state index contributed by atoms with van der Waals surface area (Å²) >= 11 is 0. The van der Waals surface area contributed by atoms with Gasteiger partial charge in [0, 0.05) is 40.3 Å². The molecular weight excluding hydrogens is 536 g/mol. The van der Waals surface area contributed by atoms with Crippen LogP contribution in [0.2, 0.25) is 0 Å². The van der Waals surface area contributed by atoms with Crippen molar-refractivity contribution < 1.29 is 29.2 Å². The smallest absolute Gasteiger partial charge is 0.271 e. The number of hydrogen-bond acceptors (Lipinski definition) is 7. The fraction of sp³-hybridized carbons (Fsp3) is 0.212. The lowest BCUT2D eigenvalue weighted by atomic mass is 9.59. The van der Waals surface area contributed by atoms with Crippen LogP contribution in [0.25, 0.3) is 10.8 Å². The van der Waals surface area contributed by atoms with Crippen LogP contribution in [0.1, 0.15) is 31.2 Å². The maximum absolute atomic E-state index is 14.0. The van der Waals surface area contributed by atoms with Gasteiger partial charge in [0.05, 0.1) is 22.4 Å². The quantitative estimate of drug-likeness (QED) is 0.155. The molecule has 1 saturated heterocycles. The summed E-state index contributed by atoms with van der Waals surface area (Å²) in [6.45, 7) is 1.59. The summed E-state index contributed by atoms with van der Waals surface area (Å²) in [6, 6.07) is 16.2. The highest BCUT2D eigenvalue weighted by atomic mass is 16.6. The number of nitro benzene ring substituents is 1. The number of ketones is 2. The molecule has 1 aliphatic heterocycles. The number of allylic oxidation sites excluding steroid dienone is 6. The first-order valence-corrected chi connectivity index (χ1v) is 13.7. The van der Waals surface area contributed by atoms with E-state index in [0.717, 1.165) is 21.2 Å². The summed E-state index contributed by atoms with van der Waals surface area (Å²) in [7, 11) is 0. The van der Waals surface area contributed by atoms with E-state index < -0.39 is 40.4 Å². The minimum absolute atomic E-state index is 0.0336. The Bertz CT molecular complexity index is 1900. The minimum atomic E-state index is -0.833. The SMILES string of the molecule is CC1=CC(=O)C2=C(C1=O)[C@@H](c1c(O)ccc3ccccc13)C1=CC[C@@H]3C(=O)N(c4cccc([N+](=O)[O-])c4)C(=O)[C@@H]3[C@@H]1C2. The van der Waals surface area contributed by atoms with Gasteiger partial charge in [-0.1, -0.05) is 48.0 Å². The van der Waals surface area contributed by atoms with E-state index in [1.807, 2.05) is 30.3 Å². The number of rotatable bonds is 3. The average molecular weight is 561 g/mol. The van der Waals surface area contributed by atoms with Crippen LogP contribution in [0.3, 0.4) is 0 Å². The fourth-order valence-electron chi connectivity index (χ4n) is 7.28. The van der Waals surface area contributed by atoms with Crippen LogP contribution in [0.5, 0.6) is 5.75 Å². The molecule has 9 heteroatoms. The number of phenols is 1. The zero-order chi connectivity index (χ0) is 29.4. The Morgan fingerprint density at radius 3 is 2.52 bits per heavy atom. The van der Waals surface area contributed by atoms with Crippen molar-refractivity contribution in [1.29, 1.82) is 0 Å². The lowest BCUT2D eigenvalue weighted by molar-refractivity contribution is -0.384. The monoisotopic (exact) mass is 560 g/mol. The molecule has 4 aliphatic rings. The van der Waals surface area contributed by atoms with Crippen molar-refractivity contribution in [2.75, 3.05) is 4.90 Å². The van der Waals surface area contributed by atoms with Gasteiger partial charge in [-0.25, -0.2) is 4.90 Å². The lowest BCUT2D eigenvalue weighted by Gasteiger charge is -2.42. The molecule has 4 atom stereocenters. The molecule has 0 radical (unpaired) electrons. The number of carbonyl (C=O) groups excluding carboxylic acids is 4. The molecule has 42 heavy (non-hydrogen) atoms. The number of amides is 2. The van der Waals surface area contributed by atoms with Crippen LogP contribution in [-0.4, -0.2) is 33.4 Å². The largest absolute Gasteiger partial charge is 0.508 e. The van der Waals surface area contributed by atoms with Crippen molar-refractivity contribution in [1.82, 2.24) is 0 Å². The van der Waals surface area contributed by atoms with E-state index in [4.69, 9.17) is 0 Å². The van der Waals surface area contributed by atoms with Crippen molar-refractivity contribution in [2.24, 2.45) is 17.8 Å². The molecule has 0 unspecified atom stereocenters. The number of hydrogen-bond donors (Lipinski definition) is 1. The normalized spacial score (nSPS) is 25.2. The number of benzene rings is 3. The van der Waals surface area contributed by atoms with E-state index in [2.05, 4.69) is 0 Å². The Hall–Kier alpha value is -5.18. The third kappa shape index (κ3) is 3.56. The van der Waals surface area contributed by atoms with E-state index >= 15 is 0 Å². The van der Waals surface area contributed by atoms with E-state index in [1.54, 1.807) is 19.1 Å². The number of fused-ring (bicyclic) bond motifs is 4. The fourth-order valence-corrected chi connectivity index (χ4v) is 7.28. The molecule has 0 bridgehead atoms. The number of anilines is 1. The van der Waals surface area contributed by atoms with Gasteiger partial charge in [0.25, 0.3) is 5.69 Å². The summed E-state index contributed by atoms with van der Waals surface area (Å²) in [5.41, 5.74) is 1.99. The number of nitrogens with zero attached hydrogens (tertiary/aromatic N) is 2. The Morgan fingerprint density at radius 2 is 1.74 bits per heavy atom. The minimum Gasteiger partial charge on any atom is -0.508 e. The maximum atomic E-state index is 14.0. The van der Waals surface area contributed by atoms with Crippen molar-refractivity contribution in [3.63, 3.8) is 0 Å². The second kappa shape index (κ2) is 9.17. The van der Waals surface area contributed by atoms with Crippen molar-refractivity contribution in [3.05, 3.63) is 111 Å². The Morgan fingerprint density at radius 1 is 0.952 bits per heavy atom. The summed E-state index contributed by atoms with van der Waals surface area (Å²) < 4.78 is 0. The van der Waals surface area contributed by atoms with Crippen LogP contribution >= 0.6 is 0 Å². The number of phenolic OH excluding ortho intramolecular Hbond substituents is 1. The molecule has 7 rings (SSSR count). The van der Waals surface area contributed by atoms with Crippen molar-refractivity contribution in [3.8, 4) is 5.75 Å². The zero-order valence-electron chi connectivity index (χ0n) is 22.4. The van der Waals surface area contributed by atoms with Crippen LogP contribution in [0, 0.1) is 27.9 Å². The van der Waals surface area contributed by atoms with Crippen LogP contribution in [0.4, 0.5) is 11.4 Å². The van der Waals surface area contributed by atoms with Gasteiger partial charge in [0.15, 0.2) is 11.6 Å². The molecule has 3 aromatic rings. The van der Waals surface area contributed by atoms with Gasteiger partial charge >= 0.3 is 0 Å². The number of non-ortho nitro benzene ring substituents is 1. The predicted molar refractivity (Wildman–Crippen MR) is 153 cm³/mol. The van der Waals surface area contributed by atoms with E-state index in [-0.39, 0.29) is 41.5 Å². The first-order chi connectivity index (χ1) is 20.2. The van der Waals surface area contributed by atoms with Gasteiger partial charge in [-0.05, 0) is 54.7 Å². The highest BCUT2D eigenvalue weighted by molar-refractivity contribution is 6.25.